The van der Waals surface area contributed by atoms with Gasteiger partial charge in [0.25, 0.3) is 0 Å². The topological polar surface area (TPSA) is 89.7 Å². The van der Waals surface area contributed by atoms with Crippen molar-refractivity contribution < 1.29 is 17.9 Å². The van der Waals surface area contributed by atoms with Gasteiger partial charge in [-0.25, -0.2) is 8.42 Å². The van der Waals surface area contributed by atoms with Crippen LogP contribution in [0.4, 0.5) is 0 Å². The number of hydrogen-bond acceptors (Lipinski definition) is 5. The molecule has 0 radical (unpaired) electrons. The van der Waals surface area contributed by atoms with Crippen LogP contribution in [-0.2, 0) is 19.6 Å². The molecule has 1 atom stereocenters. The molecular formula is C9H18N2O4S2. The van der Waals surface area contributed by atoms with Crippen molar-refractivity contribution in [3.63, 3.8) is 0 Å². The van der Waals surface area contributed by atoms with Gasteiger partial charge in [0, 0.05) is 6.04 Å². The first-order chi connectivity index (χ1) is 7.64. The number of ether oxygens (including phenoxy) is 1. The molecule has 17 heavy (non-hydrogen) atoms. The Morgan fingerprint density at radius 2 is 1.88 bits per heavy atom. The van der Waals surface area contributed by atoms with Crippen LogP contribution in [0, 0.1) is 0 Å². The molecule has 8 heteroatoms. The monoisotopic (exact) mass is 282 g/mol. The van der Waals surface area contributed by atoms with Crippen molar-refractivity contribution in [2.24, 2.45) is 5.73 Å². The summed E-state index contributed by atoms with van der Waals surface area (Å²) in [6.07, 6.45) is 0. The normalized spacial score (nSPS) is 13.8. The minimum Gasteiger partial charge on any atom is -0.468 e. The van der Waals surface area contributed by atoms with Crippen molar-refractivity contribution in [3.8, 4) is 0 Å². The molecule has 0 aromatic heterocycles. The number of carbonyl (C=O) groups is 1. The molecular weight excluding hydrogens is 264 g/mol. The van der Waals surface area contributed by atoms with E-state index in [0.29, 0.717) is 0 Å². The van der Waals surface area contributed by atoms with Gasteiger partial charge in [-0.2, -0.15) is 4.31 Å². The van der Waals surface area contributed by atoms with Gasteiger partial charge >= 0.3 is 5.97 Å². The molecule has 0 saturated heterocycles. The predicted octanol–water partition coefficient (Wildman–Crippen LogP) is -0.126. The lowest BCUT2D eigenvalue weighted by molar-refractivity contribution is -0.139. The minimum absolute atomic E-state index is 0.0549. The third-order valence-corrected chi connectivity index (χ3v) is 4.61. The fraction of sp³-hybridized carbons (Fsp3) is 0.778. The summed E-state index contributed by atoms with van der Waals surface area (Å²) >= 11 is 4.70. The van der Waals surface area contributed by atoms with Crippen molar-refractivity contribution in [1.82, 2.24) is 4.31 Å². The van der Waals surface area contributed by atoms with Crippen molar-refractivity contribution in [1.29, 1.82) is 0 Å². The van der Waals surface area contributed by atoms with Gasteiger partial charge in [0.05, 0.1) is 18.6 Å². The fourth-order valence-corrected chi connectivity index (χ4v) is 3.08. The van der Waals surface area contributed by atoms with E-state index in [2.05, 4.69) is 4.74 Å². The zero-order chi connectivity index (χ0) is 13.8. The van der Waals surface area contributed by atoms with E-state index in [1.807, 2.05) is 0 Å². The lowest BCUT2D eigenvalue weighted by atomic mass is 10.4. The van der Waals surface area contributed by atoms with Crippen LogP contribution in [0.2, 0.25) is 0 Å². The number of methoxy groups -OCH3 is 1. The molecule has 2 N–H and O–H groups in total. The van der Waals surface area contributed by atoms with Gasteiger partial charge in [-0.15, -0.1) is 0 Å². The van der Waals surface area contributed by atoms with E-state index in [9.17, 15) is 13.2 Å². The number of thiocarbonyl (C=S) groups is 1. The van der Waals surface area contributed by atoms with Crippen LogP contribution in [0.3, 0.4) is 0 Å². The van der Waals surface area contributed by atoms with E-state index < -0.39 is 21.2 Å². The Labute approximate surface area is 107 Å². The molecule has 0 rings (SSSR count). The van der Waals surface area contributed by atoms with Gasteiger partial charge in [-0.1, -0.05) is 12.2 Å². The smallest absolute Gasteiger partial charge is 0.325 e. The first kappa shape index (κ1) is 16.3. The fourth-order valence-electron chi connectivity index (χ4n) is 1.21. The van der Waals surface area contributed by atoms with Gasteiger partial charge in [-0.3, -0.25) is 4.79 Å². The molecule has 0 aliphatic heterocycles. The highest BCUT2D eigenvalue weighted by Crippen LogP contribution is 2.13. The molecule has 0 aliphatic carbocycles. The first-order valence-electron chi connectivity index (χ1n) is 5.01. The number of esters is 1. The second-order valence-corrected chi connectivity index (χ2v) is 6.55. The molecule has 0 aromatic carbocycles. The SMILES string of the molecule is COC(=O)C(C)S(=O)(=O)N(CC(N)=S)C(C)C. The van der Waals surface area contributed by atoms with Crippen LogP contribution in [0.1, 0.15) is 20.8 Å². The standard InChI is InChI=1S/C9H18N2O4S2/c1-6(2)11(5-8(10)16)17(13,14)7(3)9(12)15-4/h6-7H,5H2,1-4H3,(H2,10,16). The van der Waals surface area contributed by atoms with Crippen molar-refractivity contribution in [2.75, 3.05) is 13.7 Å². The molecule has 0 spiro atoms. The van der Waals surface area contributed by atoms with E-state index in [4.69, 9.17) is 18.0 Å². The van der Waals surface area contributed by atoms with Crippen molar-refractivity contribution in [3.05, 3.63) is 0 Å². The zero-order valence-corrected chi connectivity index (χ0v) is 12.0. The highest BCUT2D eigenvalue weighted by atomic mass is 32.2. The molecule has 0 aliphatic rings. The third-order valence-electron chi connectivity index (χ3n) is 2.19. The Balaban J connectivity index is 5.22. The second kappa shape index (κ2) is 6.27. The highest BCUT2D eigenvalue weighted by molar-refractivity contribution is 7.90. The summed E-state index contributed by atoms with van der Waals surface area (Å²) in [5.74, 6) is -0.807. The molecule has 0 fully saturated rings. The summed E-state index contributed by atoms with van der Waals surface area (Å²) in [4.78, 5) is 11.3. The van der Waals surface area contributed by atoms with Crippen LogP contribution in [0.25, 0.3) is 0 Å². The van der Waals surface area contributed by atoms with Crippen LogP contribution in [-0.4, -0.2) is 48.6 Å². The van der Waals surface area contributed by atoms with E-state index >= 15 is 0 Å². The number of nitrogens with zero attached hydrogens (tertiary/aromatic N) is 1. The second-order valence-electron chi connectivity index (χ2n) is 3.82. The molecule has 0 heterocycles. The van der Waals surface area contributed by atoms with Crippen LogP contribution in [0.5, 0.6) is 0 Å². The van der Waals surface area contributed by atoms with Gasteiger partial charge in [0.1, 0.15) is 0 Å². The average Bonchev–Trinajstić information content (AvgIpc) is 2.22. The maximum absolute atomic E-state index is 12.1. The molecule has 1 unspecified atom stereocenters. The largest absolute Gasteiger partial charge is 0.468 e. The predicted molar refractivity (Wildman–Crippen MR) is 69.0 cm³/mol. The number of sulfonamides is 1. The molecule has 0 aromatic rings. The van der Waals surface area contributed by atoms with Crippen LogP contribution in [0.15, 0.2) is 0 Å². The molecule has 100 valence electrons. The molecule has 6 nitrogen and oxygen atoms in total. The summed E-state index contributed by atoms with van der Waals surface area (Å²) in [6, 6.07) is -0.339. The Hall–Kier alpha value is -0.730. The maximum Gasteiger partial charge on any atom is 0.325 e. The quantitative estimate of drug-likeness (QED) is 0.539. The van der Waals surface area contributed by atoms with Crippen molar-refractivity contribution in [2.45, 2.75) is 32.1 Å². The lowest BCUT2D eigenvalue weighted by Crippen LogP contribution is -2.48. The summed E-state index contributed by atoms with van der Waals surface area (Å²) in [7, 11) is -2.67. The Bertz CT molecular complexity index is 392. The summed E-state index contributed by atoms with van der Waals surface area (Å²) in [6.45, 7) is 4.55. The maximum atomic E-state index is 12.1. The number of nitrogens with two attached hydrogens (primary N) is 1. The summed E-state index contributed by atoms with van der Waals surface area (Å²) in [5, 5.41) is -1.27. The Kier molecular flexibility index (Phi) is 6.00. The van der Waals surface area contributed by atoms with Crippen molar-refractivity contribution >= 4 is 33.2 Å². The minimum atomic E-state index is -3.82. The average molecular weight is 282 g/mol. The van der Waals surface area contributed by atoms with E-state index in [1.54, 1.807) is 13.8 Å². The molecule has 0 bridgehead atoms. The number of rotatable bonds is 6. The zero-order valence-electron chi connectivity index (χ0n) is 10.3. The molecule has 0 saturated carbocycles. The van der Waals surface area contributed by atoms with Crippen LogP contribution < -0.4 is 5.73 Å². The highest BCUT2D eigenvalue weighted by Gasteiger charge is 2.36. The third kappa shape index (κ3) is 4.21. The number of carbonyl (C=O) groups excluding carboxylic acids is 1. The van der Waals surface area contributed by atoms with Gasteiger partial charge in [0.2, 0.25) is 10.0 Å². The Morgan fingerprint density at radius 1 is 1.41 bits per heavy atom. The molecule has 0 amide bonds. The summed E-state index contributed by atoms with van der Waals surface area (Å²) < 4.78 is 29.8. The first-order valence-corrected chi connectivity index (χ1v) is 6.92. The Morgan fingerprint density at radius 3 is 2.18 bits per heavy atom. The van der Waals surface area contributed by atoms with E-state index in [-0.39, 0.29) is 17.6 Å². The van der Waals surface area contributed by atoms with E-state index in [1.165, 1.54) is 6.92 Å². The van der Waals surface area contributed by atoms with E-state index in [0.717, 1.165) is 11.4 Å². The van der Waals surface area contributed by atoms with Gasteiger partial charge in [0.15, 0.2) is 5.25 Å². The van der Waals surface area contributed by atoms with Gasteiger partial charge in [-0.05, 0) is 20.8 Å². The van der Waals surface area contributed by atoms with Crippen LogP contribution >= 0.6 is 12.2 Å². The number of hydrogen-bond donors (Lipinski definition) is 1. The summed E-state index contributed by atoms with van der Waals surface area (Å²) in [5.41, 5.74) is 5.35. The lowest BCUT2D eigenvalue weighted by Gasteiger charge is -2.27. The van der Waals surface area contributed by atoms with Gasteiger partial charge < -0.3 is 10.5 Å².